The Bertz CT molecular complexity index is 1200. The third-order valence-corrected chi connectivity index (χ3v) is 5.26. The Labute approximate surface area is 173 Å². The van der Waals surface area contributed by atoms with Crippen LogP contribution in [-0.2, 0) is 11.3 Å². The van der Waals surface area contributed by atoms with Crippen LogP contribution < -0.4 is 11.1 Å². The second-order valence-electron chi connectivity index (χ2n) is 6.41. The van der Waals surface area contributed by atoms with Crippen LogP contribution >= 0.6 is 11.3 Å². The Morgan fingerprint density at radius 3 is 2.37 bits per heavy atom. The van der Waals surface area contributed by atoms with Gasteiger partial charge in [0.25, 0.3) is 0 Å². The van der Waals surface area contributed by atoms with Crippen LogP contribution in [0.15, 0.2) is 75.3 Å². The molecule has 6 nitrogen and oxygen atoms in total. The first-order valence-corrected chi connectivity index (χ1v) is 9.80. The maximum absolute atomic E-state index is 13.3. The zero-order valence-electron chi connectivity index (χ0n) is 15.4. The molecule has 2 aromatic heterocycles. The third kappa shape index (κ3) is 4.36. The Morgan fingerprint density at radius 1 is 1.07 bits per heavy atom. The zero-order chi connectivity index (χ0) is 21.1. The number of amides is 1. The first-order chi connectivity index (χ1) is 14.5. The lowest BCUT2D eigenvalue weighted by atomic mass is 10.1. The van der Waals surface area contributed by atoms with Gasteiger partial charge < -0.3 is 9.73 Å². The van der Waals surface area contributed by atoms with Gasteiger partial charge in [0.2, 0.25) is 11.8 Å². The van der Waals surface area contributed by atoms with Crippen molar-refractivity contribution in [3.05, 3.63) is 98.7 Å². The molecule has 0 aliphatic heterocycles. The van der Waals surface area contributed by atoms with E-state index >= 15 is 0 Å². The summed E-state index contributed by atoms with van der Waals surface area (Å²) < 4.78 is 32.3. The molecule has 0 spiro atoms. The summed E-state index contributed by atoms with van der Waals surface area (Å²) in [4.78, 5) is 25.6. The minimum Gasteiger partial charge on any atom is -0.388 e. The van der Waals surface area contributed by atoms with Crippen molar-refractivity contribution >= 4 is 17.2 Å². The zero-order valence-corrected chi connectivity index (χ0v) is 16.2. The molecule has 4 aromatic rings. The molecule has 0 bridgehead atoms. The highest BCUT2D eigenvalue weighted by atomic mass is 32.1. The molecule has 0 aliphatic carbocycles. The molecule has 2 aromatic carbocycles. The molecule has 9 heteroatoms. The van der Waals surface area contributed by atoms with Crippen molar-refractivity contribution in [1.29, 1.82) is 0 Å². The molecule has 152 valence electrons. The van der Waals surface area contributed by atoms with Crippen molar-refractivity contribution in [1.82, 2.24) is 15.1 Å². The lowest BCUT2D eigenvalue weighted by molar-refractivity contribution is -0.122. The highest BCUT2D eigenvalue weighted by molar-refractivity contribution is 7.10. The summed E-state index contributed by atoms with van der Waals surface area (Å²) >= 11 is 1.44. The van der Waals surface area contributed by atoms with Gasteiger partial charge in [0.1, 0.15) is 18.2 Å². The predicted octanol–water partition coefficient (Wildman–Crippen LogP) is 3.75. The number of halogens is 2. The molecule has 30 heavy (non-hydrogen) atoms. The van der Waals surface area contributed by atoms with E-state index in [1.165, 1.54) is 47.7 Å². The molecule has 0 saturated heterocycles. The number of carbonyl (C=O) groups is 1. The van der Waals surface area contributed by atoms with Gasteiger partial charge in [-0.25, -0.2) is 13.6 Å². The number of nitrogens with zero attached hydrogens (tertiary/aromatic N) is 2. The average Bonchev–Trinajstić information content (AvgIpc) is 3.38. The Balaban J connectivity index is 1.53. The van der Waals surface area contributed by atoms with Gasteiger partial charge in [-0.05, 0) is 53.4 Å². The molecule has 4 rings (SSSR count). The molecular formula is C21H15F2N3O3S. The van der Waals surface area contributed by atoms with Crippen LogP contribution in [-0.4, -0.2) is 15.7 Å². The number of hydrogen-bond acceptors (Lipinski definition) is 5. The van der Waals surface area contributed by atoms with Crippen molar-refractivity contribution in [2.75, 3.05) is 0 Å². The molecule has 0 saturated carbocycles. The van der Waals surface area contributed by atoms with Gasteiger partial charge >= 0.3 is 5.76 Å². The van der Waals surface area contributed by atoms with E-state index in [0.717, 1.165) is 9.56 Å². The smallest absolute Gasteiger partial charge is 0.388 e. The molecule has 1 amide bonds. The van der Waals surface area contributed by atoms with Gasteiger partial charge in [0.15, 0.2) is 0 Å². The van der Waals surface area contributed by atoms with Gasteiger partial charge in [-0.3, -0.25) is 4.79 Å². The first kappa shape index (κ1) is 19.7. The predicted molar refractivity (Wildman–Crippen MR) is 107 cm³/mol. The van der Waals surface area contributed by atoms with Gasteiger partial charge in [-0.1, -0.05) is 18.2 Å². The molecule has 1 N–H and O–H groups in total. The second-order valence-corrected chi connectivity index (χ2v) is 7.38. The van der Waals surface area contributed by atoms with Gasteiger partial charge in [-0.15, -0.1) is 16.4 Å². The van der Waals surface area contributed by atoms with E-state index in [9.17, 15) is 18.4 Å². The molecule has 0 unspecified atom stereocenters. The Hall–Kier alpha value is -3.59. The van der Waals surface area contributed by atoms with Crippen molar-refractivity contribution < 1.29 is 18.0 Å². The summed E-state index contributed by atoms with van der Waals surface area (Å²) in [5.74, 6) is -2.10. The molecule has 0 radical (unpaired) electrons. The van der Waals surface area contributed by atoms with E-state index in [2.05, 4.69) is 10.4 Å². The van der Waals surface area contributed by atoms with E-state index in [1.807, 2.05) is 17.5 Å². The van der Waals surface area contributed by atoms with Gasteiger partial charge in [0.05, 0.1) is 6.04 Å². The second kappa shape index (κ2) is 8.42. The molecular weight excluding hydrogens is 412 g/mol. The van der Waals surface area contributed by atoms with Crippen LogP contribution in [0, 0.1) is 11.6 Å². The van der Waals surface area contributed by atoms with Crippen molar-refractivity contribution in [2.24, 2.45) is 0 Å². The molecule has 2 heterocycles. The number of aromatic nitrogens is 2. The number of carbonyl (C=O) groups excluding carboxylic acids is 1. The fourth-order valence-corrected chi connectivity index (χ4v) is 3.69. The summed E-state index contributed by atoms with van der Waals surface area (Å²) in [6.07, 6.45) is 0. The normalized spacial score (nSPS) is 11.9. The van der Waals surface area contributed by atoms with Crippen LogP contribution in [0.4, 0.5) is 8.78 Å². The standard InChI is InChI=1S/C21H15F2N3O3S/c22-15-7-3-13(4-8-15)19(17-2-1-11-30-17)24-18(27)12-26-21(28)29-20(25-26)14-5-9-16(23)10-6-14/h1-11,19H,12H2,(H,24,27)/t19-/m1/s1. The van der Waals surface area contributed by atoms with Gasteiger partial charge in [-0.2, -0.15) is 4.68 Å². The average molecular weight is 427 g/mol. The van der Waals surface area contributed by atoms with Gasteiger partial charge in [0, 0.05) is 10.4 Å². The van der Waals surface area contributed by atoms with Crippen LogP contribution in [0.2, 0.25) is 0 Å². The summed E-state index contributed by atoms with van der Waals surface area (Å²) in [6, 6.07) is 14.3. The fraction of sp³-hybridized carbons (Fsp3) is 0.0952. The summed E-state index contributed by atoms with van der Waals surface area (Å²) in [5, 5.41) is 8.73. The maximum atomic E-state index is 13.3. The topological polar surface area (TPSA) is 77.1 Å². The summed E-state index contributed by atoms with van der Waals surface area (Å²) in [5.41, 5.74) is 1.11. The SMILES string of the molecule is O=C(Cn1nc(-c2ccc(F)cc2)oc1=O)N[C@H](c1ccc(F)cc1)c1cccs1. The number of hydrogen-bond donors (Lipinski definition) is 1. The molecule has 0 aliphatic rings. The van der Waals surface area contributed by atoms with E-state index in [1.54, 1.807) is 12.1 Å². The van der Waals surface area contributed by atoms with Crippen LogP contribution in [0.1, 0.15) is 16.5 Å². The fourth-order valence-electron chi connectivity index (χ4n) is 2.89. The van der Waals surface area contributed by atoms with E-state index in [0.29, 0.717) is 11.1 Å². The van der Waals surface area contributed by atoms with Crippen LogP contribution in [0.5, 0.6) is 0 Å². The van der Waals surface area contributed by atoms with Crippen molar-refractivity contribution in [3.8, 4) is 11.5 Å². The Kier molecular flexibility index (Phi) is 5.53. The quantitative estimate of drug-likeness (QED) is 0.509. The first-order valence-electron chi connectivity index (χ1n) is 8.92. The van der Waals surface area contributed by atoms with Crippen molar-refractivity contribution in [3.63, 3.8) is 0 Å². The third-order valence-electron chi connectivity index (χ3n) is 4.33. The minimum atomic E-state index is -0.807. The maximum Gasteiger partial charge on any atom is 0.437 e. The van der Waals surface area contributed by atoms with Crippen LogP contribution in [0.3, 0.4) is 0 Å². The monoisotopic (exact) mass is 427 g/mol. The highest BCUT2D eigenvalue weighted by Crippen LogP contribution is 2.26. The number of rotatable bonds is 6. The summed E-state index contributed by atoms with van der Waals surface area (Å²) in [6.45, 7) is -0.368. The highest BCUT2D eigenvalue weighted by Gasteiger charge is 2.20. The number of benzene rings is 2. The minimum absolute atomic E-state index is 0.0128. The molecule has 1 atom stereocenters. The number of thiophene rings is 1. The van der Waals surface area contributed by atoms with E-state index in [4.69, 9.17) is 4.42 Å². The lowest BCUT2D eigenvalue weighted by Gasteiger charge is -2.18. The Morgan fingerprint density at radius 2 is 1.73 bits per heavy atom. The van der Waals surface area contributed by atoms with E-state index in [-0.39, 0.29) is 18.3 Å². The van der Waals surface area contributed by atoms with Crippen molar-refractivity contribution in [2.45, 2.75) is 12.6 Å². The summed E-state index contributed by atoms with van der Waals surface area (Å²) in [7, 11) is 0. The lowest BCUT2D eigenvalue weighted by Crippen LogP contribution is -2.34. The largest absolute Gasteiger partial charge is 0.437 e. The molecule has 0 fully saturated rings. The number of nitrogens with one attached hydrogen (secondary N) is 1. The van der Waals surface area contributed by atoms with E-state index < -0.39 is 23.5 Å². The van der Waals surface area contributed by atoms with Crippen LogP contribution in [0.25, 0.3) is 11.5 Å².